The van der Waals surface area contributed by atoms with Crippen LogP contribution in [0.15, 0.2) is 24.5 Å². The Labute approximate surface area is 226 Å². The molecule has 3 aliphatic rings. The predicted octanol–water partition coefficient (Wildman–Crippen LogP) is 2.80. The van der Waals surface area contributed by atoms with Crippen LogP contribution in [0.25, 0.3) is 5.52 Å². The molecule has 4 N–H and O–H groups in total. The molecule has 0 bridgehead atoms. The van der Waals surface area contributed by atoms with Crippen molar-refractivity contribution in [3.63, 3.8) is 0 Å². The molecule has 0 atom stereocenters. The van der Waals surface area contributed by atoms with Crippen LogP contribution in [-0.2, 0) is 6.54 Å². The number of pyridine rings is 1. The lowest BCUT2D eigenvalue weighted by atomic mass is 9.53. The van der Waals surface area contributed by atoms with Crippen LogP contribution in [0.5, 0.6) is 11.6 Å². The van der Waals surface area contributed by atoms with Gasteiger partial charge in [0.25, 0.3) is 11.8 Å². The van der Waals surface area contributed by atoms with Gasteiger partial charge in [-0.25, -0.2) is 4.52 Å². The van der Waals surface area contributed by atoms with Gasteiger partial charge >= 0.3 is 0 Å². The Morgan fingerprint density at radius 3 is 2.59 bits per heavy atom. The lowest BCUT2D eigenvalue weighted by molar-refractivity contribution is -0.0849. The number of fused-ring (bicyclic) bond motifs is 1. The summed E-state index contributed by atoms with van der Waals surface area (Å²) in [6, 6.07) is 3.85. The summed E-state index contributed by atoms with van der Waals surface area (Å²) in [6.45, 7) is 6.16. The molecule has 3 heterocycles. The minimum Gasteiger partial charge on any atom is -0.489 e. The summed E-state index contributed by atoms with van der Waals surface area (Å²) >= 11 is 0. The van der Waals surface area contributed by atoms with Gasteiger partial charge in [-0.3, -0.25) is 14.3 Å². The number of hydrogen-bond donors (Lipinski definition) is 3. The van der Waals surface area contributed by atoms with Crippen LogP contribution in [0.1, 0.15) is 91.6 Å². The second-order valence-corrected chi connectivity index (χ2v) is 12.1. The molecule has 11 heteroatoms. The van der Waals surface area contributed by atoms with Crippen molar-refractivity contribution in [2.45, 2.75) is 89.5 Å². The normalized spacial score (nSPS) is 24.3. The van der Waals surface area contributed by atoms with E-state index in [1.54, 1.807) is 30.9 Å². The molecule has 208 valence electrons. The summed E-state index contributed by atoms with van der Waals surface area (Å²) in [6.07, 6.45) is 8.88. The Hall–Kier alpha value is -3.60. The van der Waals surface area contributed by atoms with Crippen molar-refractivity contribution >= 4 is 17.3 Å². The smallest absolute Gasteiger partial charge is 0.255 e. The lowest BCUT2D eigenvalue weighted by Crippen LogP contribution is -2.58. The van der Waals surface area contributed by atoms with Crippen molar-refractivity contribution in [3.8, 4) is 11.6 Å². The predicted molar refractivity (Wildman–Crippen MR) is 142 cm³/mol. The number of rotatable bonds is 10. The van der Waals surface area contributed by atoms with Crippen LogP contribution < -0.4 is 20.5 Å². The number of ether oxygens (including phenoxy) is 2. The van der Waals surface area contributed by atoms with Gasteiger partial charge in [0.15, 0.2) is 0 Å². The lowest BCUT2D eigenvalue weighted by Gasteiger charge is -2.57. The summed E-state index contributed by atoms with van der Waals surface area (Å²) in [5, 5.41) is 22.1. The maximum Gasteiger partial charge on any atom is 0.255 e. The van der Waals surface area contributed by atoms with Gasteiger partial charge in [0.05, 0.1) is 28.6 Å². The zero-order chi connectivity index (χ0) is 27.5. The van der Waals surface area contributed by atoms with Crippen molar-refractivity contribution in [1.82, 2.24) is 24.7 Å². The van der Waals surface area contributed by atoms with E-state index in [0.717, 1.165) is 49.7 Å². The van der Waals surface area contributed by atoms with E-state index in [2.05, 4.69) is 15.5 Å². The number of aliphatic hydroxyl groups is 1. The monoisotopic (exact) mass is 536 g/mol. The van der Waals surface area contributed by atoms with Gasteiger partial charge in [-0.1, -0.05) is 0 Å². The summed E-state index contributed by atoms with van der Waals surface area (Å²) < 4.78 is 15.4. The van der Waals surface area contributed by atoms with Gasteiger partial charge in [-0.05, 0) is 76.8 Å². The summed E-state index contributed by atoms with van der Waals surface area (Å²) in [5.74, 6) is 0.686. The molecule has 0 aromatic carbocycles. The number of aryl methyl sites for hydroxylation is 1. The molecule has 3 aliphatic carbocycles. The van der Waals surface area contributed by atoms with Gasteiger partial charge in [0.2, 0.25) is 5.88 Å². The Bertz CT molecular complexity index is 1420. The van der Waals surface area contributed by atoms with E-state index in [4.69, 9.17) is 15.2 Å². The van der Waals surface area contributed by atoms with Gasteiger partial charge in [-0.2, -0.15) is 5.10 Å². The topological polar surface area (TPSA) is 146 Å². The van der Waals surface area contributed by atoms with Crippen molar-refractivity contribution in [2.24, 2.45) is 11.1 Å². The van der Waals surface area contributed by atoms with Gasteiger partial charge in [-0.15, -0.1) is 5.10 Å². The van der Waals surface area contributed by atoms with Crippen LogP contribution in [0.3, 0.4) is 0 Å². The second kappa shape index (κ2) is 9.25. The fraction of sp³-hybridized carbons (Fsp3) is 0.571. The first-order valence-corrected chi connectivity index (χ1v) is 13.7. The fourth-order valence-corrected chi connectivity index (χ4v) is 5.99. The highest BCUT2D eigenvalue weighted by molar-refractivity contribution is 6.01. The van der Waals surface area contributed by atoms with Crippen LogP contribution in [0, 0.1) is 5.41 Å². The first-order valence-electron chi connectivity index (χ1n) is 13.7. The standard InChI is InChI=1S/C28H36N6O5/c1-4-33-14-20(24(29)35)26(32-33)39-18-11-28(12-18)9-17(10-28)31-25(36)19-13-30-34-21(19)7-8-22(23(34)16-5-6-16)38-15-27(2,3)37/h7-8,13-14,16-18,37H,4-6,9-12,15H2,1-3H3,(H2,29,35)(H,31,36)/t17-,18-,28?. The Morgan fingerprint density at radius 1 is 1.21 bits per heavy atom. The molecule has 3 fully saturated rings. The fourth-order valence-electron chi connectivity index (χ4n) is 5.99. The van der Waals surface area contributed by atoms with Crippen molar-refractivity contribution < 1.29 is 24.2 Å². The summed E-state index contributed by atoms with van der Waals surface area (Å²) in [7, 11) is 0. The Kier molecular flexibility index (Phi) is 6.09. The van der Waals surface area contributed by atoms with Crippen LogP contribution in [0.2, 0.25) is 0 Å². The molecule has 0 unspecified atom stereocenters. The number of hydrogen-bond acceptors (Lipinski definition) is 7. The number of aromatic nitrogens is 4. The second-order valence-electron chi connectivity index (χ2n) is 12.1. The number of amides is 2. The highest BCUT2D eigenvalue weighted by Gasteiger charge is 2.54. The maximum atomic E-state index is 13.2. The molecule has 0 radical (unpaired) electrons. The minimum absolute atomic E-state index is 0.00626. The molecule has 0 aliphatic heterocycles. The largest absolute Gasteiger partial charge is 0.489 e. The van der Waals surface area contributed by atoms with E-state index >= 15 is 0 Å². The van der Waals surface area contributed by atoms with Crippen LogP contribution in [-0.4, -0.2) is 60.7 Å². The van der Waals surface area contributed by atoms with Crippen molar-refractivity contribution in [1.29, 1.82) is 0 Å². The molecule has 3 aromatic rings. The Balaban J connectivity index is 1.06. The number of carbonyl (C=O) groups is 2. The van der Waals surface area contributed by atoms with Crippen LogP contribution in [0.4, 0.5) is 0 Å². The number of carbonyl (C=O) groups excluding carboxylic acids is 2. The van der Waals surface area contributed by atoms with E-state index in [0.29, 0.717) is 35.2 Å². The van der Waals surface area contributed by atoms with Crippen molar-refractivity contribution in [2.75, 3.05) is 6.61 Å². The zero-order valence-electron chi connectivity index (χ0n) is 22.6. The number of nitrogens with zero attached hydrogens (tertiary/aromatic N) is 4. The van der Waals surface area contributed by atoms with Gasteiger partial charge in [0.1, 0.15) is 24.0 Å². The van der Waals surface area contributed by atoms with E-state index in [1.165, 1.54) is 0 Å². The van der Waals surface area contributed by atoms with Crippen LogP contribution >= 0.6 is 0 Å². The van der Waals surface area contributed by atoms with E-state index in [-0.39, 0.29) is 30.1 Å². The average molecular weight is 537 g/mol. The Morgan fingerprint density at radius 2 is 1.95 bits per heavy atom. The van der Waals surface area contributed by atoms with Gasteiger partial charge in [0, 0.05) is 24.7 Å². The third-order valence-corrected chi connectivity index (χ3v) is 8.08. The SMILES string of the molecule is CCn1cc(C(N)=O)c(O[C@H]2CC3(C[C@H](NC(=O)c4cnn5c(C6CC6)c(OCC(C)(C)O)ccc45)C3)C2)n1. The molecule has 39 heavy (non-hydrogen) atoms. The summed E-state index contributed by atoms with van der Waals surface area (Å²) in [4.78, 5) is 24.9. The van der Waals surface area contributed by atoms with Crippen molar-refractivity contribution in [3.05, 3.63) is 41.3 Å². The third kappa shape index (κ3) is 4.95. The zero-order valence-corrected chi connectivity index (χ0v) is 22.6. The number of nitrogens with one attached hydrogen (secondary N) is 1. The minimum atomic E-state index is -0.942. The molecular formula is C28H36N6O5. The molecule has 3 saturated carbocycles. The maximum absolute atomic E-state index is 13.2. The first kappa shape index (κ1) is 25.7. The molecule has 3 aromatic heterocycles. The quantitative estimate of drug-likeness (QED) is 0.361. The van der Waals surface area contributed by atoms with E-state index in [1.807, 2.05) is 23.6 Å². The van der Waals surface area contributed by atoms with E-state index in [9.17, 15) is 14.7 Å². The molecule has 2 amide bonds. The highest BCUT2D eigenvalue weighted by atomic mass is 16.5. The number of nitrogens with two attached hydrogens (primary N) is 1. The first-order chi connectivity index (χ1) is 18.5. The molecule has 1 spiro atoms. The molecular weight excluding hydrogens is 500 g/mol. The highest BCUT2D eigenvalue weighted by Crippen LogP contribution is 2.57. The molecule has 0 saturated heterocycles. The van der Waals surface area contributed by atoms with E-state index < -0.39 is 11.5 Å². The van der Waals surface area contributed by atoms with Gasteiger partial charge < -0.3 is 25.6 Å². The molecule has 6 rings (SSSR count). The number of primary amides is 1. The third-order valence-electron chi connectivity index (χ3n) is 8.08. The summed E-state index contributed by atoms with van der Waals surface area (Å²) in [5.41, 5.74) is 7.27. The molecule has 11 nitrogen and oxygen atoms in total. The average Bonchev–Trinajstić information content (AvgIpc) is 3.43.